The van der Waals surface area contributed by atoms with Gasteiger partial charge in [0.1, 0.15) is 0 Å². The van der Waals surface area contributed by atoms with E-state index in [1.165, 1.54) is 0 Å². The van der Waals surface area contributed by atoms with E-state index in [2.05, 4.69) is 14.9 Å². The van der Waals surface area contributed by atoms with Gasteiger partial charge in [0, 0.05) is 13.1 Å². The number of hydrogen-bond donors (Lipinski definition) is 2. The van der Waals surface area contributed by atoms with Gasteiger partial charge in [-0.25, -0.2) is 13.1 Å². The lowest BCUT2D eigenvalue weighted by molar-refractivity contribution is 0.394. The summed E-state index contributed by atoms with van der Waals surface area (Å²) in [5, 5.41) is 3.17. The van der Waals surface area contributed by atoms with Crippen LogP contribution in [-0.4, -0.2) is 47.0 Å². The molecule has 21 heavy (non-hydrogen) atoms. The summed E-state index contributed by atoms with van der Waals surface area (Å²) in [5.74, 6) is 0. The molecule has 0 heterocycles. The summed E-state index contributed by atoms with van der Waals surface area (Å²) in [6.45, 7) is 4.82. The summed E-state index contributed by atoms with van der Waals surface area (Å²) in [5.41, 5.74) is 0.806. The molecule has 6 heteroatoms. The van der Waals surface area contributed by atoms with Crippen molar-refractivity contribution in [1.82, 2.24) is 14.9 Å². The number of rotatable bonds is 10. The molecule has 0 aromatic heterocycles. The number of benzene rings is 1. The summed E-state index contributed by atoms with van der Waals surface area (Å²) >= 11 is 0. The number of nitrogens with zero attached hydrogens (tertiary/aromatic N) is 1. The largest absolute Gasteiger partial charge is 0.313 e. The van der Waals surface area contributed by atoms with Crippen LogP contribution >= 0.6 is 0 Å². The normalized spacial score (nSPS) is 12.0. The molecule has 0 unspecified atom stereocenters. The van der Waals surface area contributed by atoms with Gasteiger partial charge in [-0.2, -0.15) is 0 Å². The Morgan fingerprint density at radius 3 is 2.52 bits per heavy atom. The van der Waals surface area contributed by atoms with Gasteiger partial charge in [0.25, 0.3) is 0 Å². The first-order valence-electron chi connectivity index (χ1n) is 7.40. The monoisotopic (exact) mass is 313 g/mol. The van der Waals surface area contributed by atoms with Gasteiger partial charge in [0.15, 0.2) is 0 Å². The zero-order chi connectivity index (χ0) is 15.7. The van der Waals surface area contributed by atoms with Crippen LogP contribution in [0.4, 0.5) is 0 Å². The van der Waals surface area contributed by atoms with E-state index in [-0.39, 0.29) is 0 Å². The first kappa shape index (κ1) is 18.1. The van der Waals surface area contributed by atoms with Gasteiger partial charge in [-0.3, -0.25) is 0 Å². The summed E-state index contributed by atoms with van der Waals surface area (Å²) in [7, 11) is 0.604. The van der Waals surface area contributed by atoms with Crippen molar-refractivity contribution >= 4 is 10.0 Å². The van der Waals surface area contributed by atoms with Crippen LogP contribution in [0.15, 0.2) is 29.2 Å². The molecule has 0 spiro atoms. The maximum Gasteiger partial charge on any atom is 0.240 e. The molecule has 1 aromatic rings. The Morgan fingerprint density at radius 2 is 1.86 bits per heavy atom. The van der Waals surface area contributed by atoms with Gasteiger partial charge >= 0.3 is 0 Å². The van der Waals surface area contributed by atoms with Crippen molar-refractivity contribution in [2.24, 2.45) is 0 Å². The number of sulfonamides is 1. The van der Waals surface area contributed by atoms with Crippen molar-refractivity contribution in [1.29, 1.82) is 0 Å². The lowest BCUT2D eigenvalue weighted by atomic mass is 10.2. The van der Waals surface area contributed by atoms with E-state index in [9.17, 15) is 8.42 Å². The van der Waals surface area contributed by atoms with Crippen molar-refractivity contribution in [2.75, 3.05) is 33.7 Å². The van der Waals surface area contributed by atoms with Crippen molar-refractivity contribution in [3.05, 3.63) is 29.8 Å². The Bertz CT molecular complexity index is 515. The highest BCUT2D eigenvalue weighted by Crippen LogP contribution is 2.15. The summed E-state index contributed by atoms with van der Waals surface area (Å²) < 4.78 is 27.4. The predicted molar refractivity (Wildman–Crippen MR) is 86.8 cm³/mol. The smallest absolute Gasteiger partial charge is 0.240 e. The first-order chi connectivity index (χ1) is 9.97. The Morgan fingerprint density at radius 1 is 1.14 bits per heavy atom. The first-order valence-corrected chi connectivity index (χ1v) is 8.88. The van der Waals surface area contributed by atoms with E-state index >= 15 is 0 Å². The second-order valence-electron chi connectivity index (χ2n) is 5.30. The molecule has 120 valence electrons. The molecule has 0 fully saturated rings. The van der Waals surface area contributed by atoms with Crippen molar-refractivity contribution < 1.29 is 8.42 Å². The van der Waals surface area contributed by atoms with Gasteiger partial charge in [-0.1, -0.05) is 25.1 Å². The third-order valence-electron chi connectivity index (χ3n) is 3.15. The van der Waals surface area contributed by atoms with Crippen molar-refractivity contribution in [2.45, 2.75) is 31.2 Å². The third kappa shape index (κ3) is 6.56. The van der Waals surface area contributed by atoms with E-state index in [1.807, 2.05) is 33.2 Å². The standard InChI is InChI=1S/C15H27N3O2S/c1-4-16-13-14-9-5-6-10-15(14)21(19,20)17-11-7-8-12-18(2)3/h5-6,9-10,16-17H,4,7-8,11-13H2,1-3H3. The molecule has 0 saturated carbocycles. The van der Waals surface area contributed by atoms with E-state index in [1.54, 1.807) is 12.1 Å². The van der Waals surface area contributed by atoms with Crippen LogP contribution in [0.3, 0.4) is 0 Å². The van der Waals surface area contributed by atoms with Crippen LogP contribution in [0.1, 0.15) is 25.3 Å². The van der Waals surface area contributed by atoms with Gasteiger partial charge in [-0.05, 0) is 51.7 Å². The van der Waals surface area contributed by atoms with E-state index < -0.39 is 10.0 Å². The van der Waals surface area contributed by atoms with Crippen LogP contribution < -0.4 is 10.0 Å². The van der Waals surface area contributed by atoms with Crippen LogP contribution in [-0.2, 0) is 16.6 Å². The van der Waals surface area contributed by atoms with Gasteiger partial charge < -0.3 is 10.2 Å². The molecule has 0 bridgehead atoms. The SMILES string of the molecule is CCNCc1ccccc1S(=O)(=O)NCCCCN(C)C. The average molecular weight is 313 g/mol. The minimum atomic E-state index is -3.43. The zero-order valence-electron chi connectivity index (χ0n) is 13.2. The molecular formula is C15H27N3O2S. The van der Waals surface area contributed by atoms with Gasteiger partial charge in [-0.15, -0.1) is 0 Å². The lowest BCUT2D eigenvalue weighted by Gasteiger charge is -2.12. The van der Waals surface area contributed by atoms with Gasteiger partial charge in [0.2, 0.25) is 10.0 Å². The molecule has 5 nitrogen and oxygen atoms in total. The number of nitrogens with one attached hydrogen (secondary N) is 2. The van der Waals surface area contributed by atoms with E-state index in [0.717, 1.165) is 31.5 Å². The summed E-state index contributed by atoms with van der Waals surface area (Å²) in [6, 6.07) is 7.14. The Labute approximate surface area is 128 Å². The highest BCUT2D eigenvalue weighted by Gasteiger charge is 2.16. The van der Waals surface area contributed by atoms with Crippen LogP contribution in [0.5, 0.6) is 0 Å². The van der Waals surface area contributed by atoms with Crippen LogP contribution in [0.25, 0.3) is 0 Å². The summed E-state index contributed by atoms with van der Waals surface area (Å²) in [4.78, 5) is 2.47. The zero-order valence-corrected chi connectivity index (χ0v) is 14.0. The molecule has 0 radical (unpaired) electrons. The quantitative estimate of drug-likeness (QED) is 0.641. The minimum Gasteiger partial charge on any atom is -0.313 e. The Kier molecular flexibility index (Phi) is 7.88. The topological polar surface area (TPSA) is 61.4 Å². The lowest BCUT2D eigenvalue weighted by Crippen LogP contribution is -2.27. The maximum atomic E-state index is 12.4. The highest BCUT2D eigenvalue weighted by molar-refractivity contribution is 7.89. The molecule has 0 aliphatic rings. The van der Waals surface area contributed by atoms with Crippen molar-refractivity contribution in [3.8, 4) is 0 Å². The highest BCUT2D eigenvalue weighted by atomic mass is 32.2. The fraction of sp³-hybridized carbons (Fsp3) is 0.600. The fourth-order valence-corrected chi connectivity index (χ4v) is 3.32. The maximum absolute atomic E-state index is 12.4. The van der Waals surface area contributed by atoms with Crippen molar-refractivity contribution in [3.63, 3.8) is 0 Å². The number of hydrogen-bond acceptors (Lipinski definition) is 4. The molecule has 0 aliphatic heterocycles. The molecule has 1 rings (SSSR count). The fourth-order valence-electron chi connectivity index (χ4n) is 2.01. The molecule has 0 saturated heterocycles. The van der Waals surface area contributed by atoms with Crippen LogP contribution in [0, 0.1) is 0 Å². The second kappa shape index (κ2) is 9.15. The van der Waals surface area contributed by atoms with E-state index in [0.29, 0.717) is 18.0 Å². The van der Waals surface area contributed by atoms with E-state index in [4.69, 9.17) is 0 Å². The molecule has 0 aliphatic carbocycles. The molecule has 0 atom stereocenters. The minimum absolute atomic E-state index is 0.374. The Balaban J connectivity index is 2.61. The molecule has 2 N–H and O–H groups in total. The third-order valence-corrected chi connectivity index (χ3v) is 4.71. The van der Waals surface area contributed by atoms with Crippen LogP contribution in [0.2, 0.25) is 0 Å². The molecule has 1 aromatic carbocycles. The molecule has 0 amide bonds. The summed E-state index contributed by atoms with van der Waals surface area (Å²) in [6.07, 6.45) is 1.82. The van der Waals surface area contributed by atoms with Gasteiger partial charge in [0.05, 0.1) is 4.90 Å². The molecular weight excluding hydrogens is 286 g/mol. The number of unbranched alkanes of at least 4 members (excludes halogenated alkanes) is 1. The predicted octanol–water partition coefficient (Wildman–Crippen LogP) is 1.42. The Hall–Kier alpha value is -0.950. The average Bonchev–Trinajstić information content (AvgIpc) is 2.44. The second-order valence-corrected chi connectivity index (χ2v) is 7.03.